The van der Waals surface area contributed by atoms with Gasteiger partial charge in [-0.3, -0.25) is 0 Å². The molecule has 0 aliphatic heterocycles. The molecule has 2 N–H and O–H groups in total. The normalized spacial score (nSPS) is 16.8. The van der Waals surface area contributed by atoms with Gasteiger partial charge in [0.15, 0.2) is 0 Å². The Bertz CT molecular complexity index is 81.0. The van der Waals surface area contributed by atoms with Crippen LogP contribution in [0.3, 0.4) is 0 Å². The highest BCUT2D eigenvalue weighted by atomic mass is 16.3. The van der Waals surface area contributed by atoms with Crippen LogP contribution >= 0.6 is 0 Å². The van der Waals surface area contributed by atoms with Crippen LogP contribution < -0.4 is 0 Å². The van der Waals surface area contributed by atoms with Gasteiger partial charge in [0.25, 0.3) is 0 Å². The third-order valence-electron chi connectivity index (χ3n) is 1.35. The topological polar surface area (TPSA) is 40.5 Å². The lowest BCUT2D eigenvalue weighted by Crippen LogP contribution is -2.19. The minimum Gasteiger partial charge on any atom is -0.396 e. The lowest BCUT2D eigenvalue weighted by molar-refractivity contribution is 0.0795. The first kappa shape index (κ1) is 8.66. The summed E-state index contributed by atoms with van der Waals surface area (Å²) in [6, 6.07) is 0. The maximum Gasteiger partial charge on any atom is 0.0621 e. The van der Waals surface area contributed by atoms with Crippen LogP contribution in [0.5, 0.6) is 0 Å². The molecule has 0 aromatic carbocycles. The molecule has 0 radical (unpaired) electrons. The van der Waals surface area contributed by atoms with E-state index in [-0.39, 0.29) is 12.5 Å². The molecule has 0 fully saturated rings. The van der Waals surface area contributed by atoms with Crippen molar-refractivity contribution in [1.29, 1.82) is 0 Å². The molecular weight excluding hydrogens is 116 g/mol. The fourth-order valence-corrected chi connectivity index (χ4v) is 0.525. The van der Waals surface area contributed by atoms with Crippen LogP contribution in [0.25, 0.3) is 0 Å². The molecule has 0 bridgehead atoms. The molecule has 9 heavy (non-hydrogen) atoms. The maximum atomic E-state index is 9.09. The van der Waals surface area contributed by atoms with E-state index in [4.69, 9.17) is 10.2 Å². The van der Waals surface area contributed by atoms with Gasteiger partial charge in [0, 0.05) is 12.5 Å². The van der Waals surface area contributed by atoms with Crippen molar-refractivity contribution in [2.75, 3.05) is 6.61 Å². The van der Waals surface area contributed by atoms with E-state index in [0.717, 1.165) is 0 Å². The molecule has 0 aromatic heterocycles. The Hall–Kier alpha value is -0.340. The molecule has 0 aromatic rings. The first-order valence-electron chi connectivity index (χ1n) is 3.12. The SMILES string of the molecule is C=CC[C@@H](O)[C@@H](C)CO. The zero-order valence-electron chi connectivity index (χ0n) is 5.75. The average molecular weight is 130 g/mol. The third kappa shape index (κ3) is 3.27. The zero-order valence-corrected chi connectivity index (χ0v) is 5.75. The molecule has 0 unspecified atom stereocenters. The van der Waals surface area contributed by atoms with Crippen molar-refractivity contribution in [3.63, 3.8) is 0 Å². The summed E-state index contributed by atoms with van der Waals surface area (Å²) in [6.45, 7) is 5.31. The molecule has 2 nitrogen and oxygen atoms in total. The average Bonchev–Trinajstić information content (AvgIpc) is 1.87. The second-order valence-corrected chi connectivity index (χ2v) is 2.25. The van der Waals surface area contributed by atoms with E-state index in [1.165, 1.54) is 0 Å². The molecule has 0 heterocycles. The molecule has 0 amide bonds. The van der Waals surface area contributed by atoms with Gasteiger partial charge >= 0.3 is 0 Å². The standard InChI is InChI=1S/C7H14O2/c1-3-4-7(9)6(2)5-8/h3,6-9H,1,4-5H2,2H3/t6-,7+/m0/s1. The molecule has 2 heteroatoms. The number of hydrogen-bond donors (Lipinski definition) is 2. The number of aliphatic hydroxyl groups excluding tert-OH is 2. The highest BCUT2D eigenvalue weighted by molar-refractivity contribution is 4.75. The summed E-state index contributed by atoms with van der Waals surface area (Å²) in [5, 5.41) is 17.6. The highest BCUT2D eigenvalue weighted by Crippen LogP contribution is 2.05. The maximum absolute atomic E-state index is 9.09. The lowest BCUT2D eigenvalue weighted by Gasteiger charge is -2.13. The van der Waals surface area contributed by atoms with Crippen molar-refractivity contribution in [1.82, 2.24) is 0 Å². The zero-order chi connectivity index (χ0) is 7.28. The predicted molar refractivity (Wildman–Crippen MR) is 37.1 cm³/mol. The van der Waals surface area contributed by atoms with Gasteiger partial charge in [0.1, 0.15) is 0 Å². The van der Waals surface area contributed by atoms with Crippen molar-refractivity contribution >= 4 is 0 Å². The van der Waals surface area contributed by atoms with E-state index in [2.05, 4.69) is 6.58 Å². The molecule has 0 aliphatic carbocycles. The van der Waals surface area contributed by atoms with Gasteiger partial charge in [0.2, 0.25) is 0 Å². The Morgan fingerprint density at radius 2 is 2.22 bits per heavy atom. The van der Waals surface area contributed by atoms with E-state index in [1.807, 2.05) is 0 Å². The van der Waals surface area contributed by atoms with Gasteiger partial charge in [0.05, 0.1) is 6.10 Å². The van der Waals surface area contributed by atoms with Gasteiger partial charge < -0.3 is 10.2 Å². The van der Waals surface area contributed by atoms with Crippen molar-refractivity contribution in [2.24, 2.45) is 5.92 Å². The monoisotopic (exact) mass is 130 g/mol. The Morgan fingerprint density at radius 3 is 2.56 bits per heavy atom. The van der Waals surface area contributed by atoms with Crippen LogP contribution in [0.4, 0.5) is 0 Å². The van der Waals surface area contributed by atoms with Crippen molar-refractivity contribution in [3.8, 4) is 0 Å². The number of aliphatic hydroxyl groups is 2. The second kappa shape index (κ2) is 4.53. The molecule has 54 valence electrons. The Labute approximate surface area is 55.8 Å². The first-order chi connectivity index (χ1) is 4.22. The number of hydrogen-bond acceptors (Lipinski definition) is 2. The smallest absolute Gasteiger partial charge is 0.0621 e. The fraction of sp³-hybridized carbons (Fsp3) is 0.714. The summed E-state index contributed by atoms with van der Waals surface area (Å²) >= 11 is 0. The van der Waals surface area contributed by atoms with Gasteiger partial charge in [-0.25, -0.2) is 0 Å². The number of rotatable bonds is 4. The quantitative estimate of drug-likeness (QED) is 0.546. The molecule has 0 aliphatic rings. The van der Waals surface area contributed by atoms with Gasteiger partial charge in [-0.2, -0.15) is 0 Å². The minimum atomic E-state index is -0.438. The van der Waals surface area contributed by atoms with E-state index in [9.17, 15) is 0 Å². The summed E-state index contributed by atoms with van der Waals surface area (Å²) in [5.74, 6) is -0.0389. The molecule has 0 rings (SSSR count). The lowest BCUT2D eigenvalue weighted by atomic mass is 10.0. The van der Waals surface area contributed by atoms with E-state index >= 15 is 0 Å². The van der Waals surface area contributed by atoms with Crippen LogP contribution in [-0.2, 0) is 0 Å². The van der Waals surface area contributed by atoms with Crippen LogP contribution in [0.1, 0.15) is 13.3 Å². The van der Waals surface area contributed by atoms with Crippen molar-refractivity contribution < 1.29 is 10.2 Å². The summed E-state index contributed by atoms with van der Waals surface area (Å²) in [6.07, 6.45) is 1.77. The Kier molecular flexibility index (Phi) is 4.36. The predicted octanol–water partition coefficient (Wildman–Crippen LogP) is 0.552. The van der Waals surface area contributed by atoms with Gasteiger partial charge in [-0.1, -0.05) is 13.0 Å². The Balaban J connectivity index is 3.44. The second-order valence-electron chi connectivity index (χ2n) is 2.25. The highest BCUT2D eigenvalue weighted by Gasteiger charge is 2.09. The third-order valence-corrected chi connectivity index (χ3v) is 1.35. The van der Waals surface area contributed by atoms with E-state index in [0.29, 0.717) is 6.42 Å². The fourth-order valence-electron chi connectivity index (χ4n) is 0.525. The molecule has 0 saturated heterocycles. The molecule has 2 atom stereocenters. The van der Waals surface area contributed by atoms with E-state index in [1.54, 1.807) is 13.0 Å². The van der Waals surface area contributed by atoms with E-state index < -0.39 is 6.10 Å². The first-order valence-corrected chi connectivity index (χ1v) is 3.12. The van der Waals surface area contributed by atoms with Gasteiger partial charge in [-0.15, -0.1) is 6.58 Å². The summed E-state index contributed by atoms with van der Waals surface area (Å²) in [5.41, 5.74) is 0. The van der Waals surface area contributed by atoms with Crippen molar-refractivity contribution in [3.05, 3.63) is 12.7 Å². The minimum absolute atomic E-state index is 0.0367. The van der Waals surface area contributed by atoms with Crippen LogP contribution in [-0.4, -0.2) is 22.9 Å². The van der Waals surface area contributed by atoms with Crippen LogP contribution in [0, 0.1) is 5.92 Å². The van der Waals surface area contributed by atoms with Crippen molar-refractivity contribution in [2.45, 2.75) is 19.4 Å². The summed E-state index contributed by atoms with van der Waals surface area (Å²) in [4.78, 5) is 0. The largest absolute Gasteiger partial charge is 0.396 e. The van der Waals surface area contributed by atoms with Gasteiger partial charge in [-0.05, 0) is 6.42 Å². The summed E-state index contributed by atoms with van der Waals surface area (Å²) in [7, 11) is 0. The molecule has 0 saturated carbocycles. The van der Waals surface area contributed by atoms with Crippen LogP contribution in [0.15, 0.2) is 12.7 Å². The summed E-state index contributed by atoms with van der Waals surface area (Å²) < 4.78 is 0. The van der Waals surface area contributed by atoms with Crippen LogP contribution in [0.2, 0.25) is 0 Å². The molecule has 0 spiro atoms. The Morgan fingerprint density at radius 1 is 1.67 bits per heavy atom. The molecular formula is C7H14O2.